The van der Waals surface area contributed by atoms with Crippen LogP contribution in [0.2, 0.25) is 0 Å². The molecule has 2 aromatic rings. The lowest BCUT2D eigenvalue weighted by atomic mass is 10.0. The first-order chi connectivity index (χ1) is 12.7. The molecule has 0 aliphatic carbocycles. The second kappa shape index (κ2) is 9.21. The van der Waals surface area contributed by atoms with Gasteiger partial charge in [-0.05, 0) is 44.0 Å². The van der Waals surface area contributed by atoms with Crippen molar-refractivity contribution in [3.8, 4) is 5.75 Å². The molecule has 27 heavy (non-hydrogen) atoms. The molecule has 5 nitrogen and oxygen atoms in total. The Balaban J connectivity index is 2.14. The fraction of sp³-hybridized carbons (Fsp3) is 0.350. The van der Waals surface area contributed by atoms with Crippen LogP contribution in [0.1, 0.15) is 44.4 Å². The van der Waals surface area contributed by atoms with Gasteiger partial charge in [-0.3, -0.25) is 4.79 Å². The molecular formula is C20H24FNO4S. The summed E-state index contributed by atoms with van der Waals surface area (Å²) < 4.78 is 34.5. The molecule has 0 bridgehead atoms. The zero-order chi connectivity index (χ0) is 20.0. The van der Waals surface area contributed by atoms with E-state index in [9.17, 15) is 13.7 Å². The molecule has 146 valence electrons. The van der Waals surface area contributed by atoms with E-state index in [1.54, 1.807) is 26.8 Å². The number of halogens is 1. The molecule has 0 radical (unpaired) electrons. The van der Waals surface area contributed by atoms with Crippen molar-refractivity contribution in [3.05, 3.63) is 65.5 Å². The molecule has 2 N–H and O–H groups in total. The van der Waals surface area contributed by atoms with Crippen LogP contribution in [-0.4, -0.2) is 20.4 Å². The van der Waals surface area contributed by atoms with Gasteiger partial charge in [0.2, 0.25) is 0 Å². The second-order valence-corrected chi connectivity index (χ2v) is 9.11. The number of hydrogen-bond acceptors (Lipinski definition) is 4. The third-order valence-electron chi connectivity index (χ3n) is 3.78. The van der Waals surface area contributed by atoms with Crippen molar-refractivity contribution in [2.24, 2.45) is 0 Å². The Kier molecular flexibility index (Phi) is 7.24. The number of rotatable bonds is 8. The summed E-state index contributed by atoms with van der Waals surface area (Å²) in [5.41, 5.74) is 1.31. The van der Waals surface area contributed by atoms with Crippen molar-refractivity contribution in [2.75, 3.05) is 0 Å². The maximum atomic E-state index is 14.4. The summed E-state index contributed by atoms with van der Waals surface area (Å²) in [6, 6.07) is 12.9. The SMILES string of the molecule is CC(C)(C)[S+]([O-])N[C@H](CC(=O)O)c1ccc(OCc2ccccc2)c(F)c1. The Hall–Kier alpha value is -2.09. The summed E-state index contributed by atoms with van der Waals surface area (Å²) in [6.07, 6.45) is -0.314. The Bertz CT molecular complexity index is 764. The van der Waals surface area contributed by atoms with Gasteiger partial charge < -0.3 is 14.4 Å². The summed E-state index contributed by atoms with van der Waals surface area (Å²) in [6.45, 7) is 5.54. The monoisotopic (exact) mass is 393 g/mol. The molecule has 0 fully saturated rings. The number of carbonyl (C=O) groups is 1. The summed E-state index contributed by atoms with van der Waals surface area (Å²) >= 11 is -1.49. The molecule has 0 heterocycles. The Morgan fingerprint density at radius 1 is 1.26 bits per heavy atom. The largest absolute Gasteiger partial charge is 0.598 e. The van der Waals surface area contributed by atoms with Crippen LogP contribution < -0.4 is 9.46 Å². The summed E-state index contributed by atoms with van der Waals surface area (Å²) in [4.78, 5) is 11.2. The standard InChI is InChI=1S/C20H24FNO4S/c1-20(2,3)27(25)22-17(12-19(23)24)15-9-10-18(16(21)11-15)26-13-14-7-5-4-6-8-14/h4-11,17,22H,12-13H2,1-3H3,(H,23,24)/t17-,27?/m1/s1. The van der Waals surface area contributed by atoms with Crippen LogP contribution in [0.15, 0.2) is 48.5 Å². The molecule has 7 heteroatoms. The molecule has 0 aliphatic heterocycles. The van der Waals surface area contributed by atoms with Crippen LogP contribution in [0.3, 0.4) is 0 Å². The number of carboxylic acid groups (broad SMARTS) is 1. The first-order valence-electron chi connectivity index (χ1n) is 8.53. The molecule has 0 amide bonds. The van der Waals surface area contributed by atoms with E-state index in [1.807, 2.05) is 30.3 Å². The number of carboxylic acids is 1. The van der Waals surface area contributed by atoms with E-state index in [1.165, 1.54) is 12.1 Å². The fourth-order valence-electron chi connectivity index (χ4n) is 2.29. The van der Waals surface area contributed by atoms with Gasteiger partial charge in [0.1, 0.15) is 11.4 Å². The van der Waals surface area contributed by atoms with Crippen LogP contribution in [-0.2, 0) is 22.8 Å². The average molecular weight is 393 g/mol. The van der Waals surface area contributed by atoms with Gasteiger partial charge in [0.05, 0.1) is 12.5 Å². The first-order valence-corrected chi connectivity index (χ1v) is 9.68. The zero-order valence-electron chi connectivity index (χ0n) is 15.6. The average Bonchev–Trinajstić information content (AvgIpc) is 2.59. The molecule has 1 unspecified atom stereocenters. The van der Waals surface area contributed by atoms with Gasteiger partial charge in [-0.25, -0.2) is 4.39 Å². The maximum Gasteiger partial charge on any atom is 0.305 e. The molecule has 0 saturated heterocycles. The zero-order valence-corrected chi connectivity index (χ0v) is 16.4. The highest BCUT2D eigenvalue weighted by Crippen LogP contribution is 2.27. The molecule has 2 rings (SSSR count). The van der Waals surface area contributed by atoms with Crippen molar-refractivity contribution in [3.63, 3.8) is 0 Å². The predicted octanol–water partition coefficient (Wildman–Crippen LogP) is 3.97. The second-order valence-electron chi connectivity index (χ2n) is 7.11. The summed E-state index contributed by atoms with van der Waals surface area (Å²) in [5, 5.41) is 9.14. The minimum Gasteiger partial charge on any atom is -0.598 e. The highest BCUT2D eigenvalue weighted by molar-refractivity contribution is 7.90. The van der Waals surface area contributed by atoms with Crippen LogP contribution in [0.25, 0.3) is 0 Å². The maximum absolute atomic E-state index is 14.4. The normalized spacial score (nSPS) is 13.8. The molecule has 2 aromatic carbocycles. The van der Waals surface area contributed by atoms with Crippen LogP contribution in [0.4, 0.5) is 4.39 Å². The Morgan fingerprint density at radius 2 is 1.93 bits per heavy atom. The lowest BCUT2D eigenvalue weighted by Gasteiger charge is -2.27. The molecule has 0 spiro atoms. The predicted molar refractivity (Wildman–Crippen MR) is 103 cm³/mol. The van der Waals surface area contributed by atoms with Gasteiger partial charge in [0, 0.05) is 11.4 Å². The smallest absolute Gasteiger partial charge is 0.305 e. The lowest BCUT2D eigenvalue weighted by molar-refractivity contribution is -0.137. The first kappa shape index (κ1) is 21.2. The van der Waals surface area contributed by atoms with Crippen molar-refractivity contribution in [1.29, 1.82) is 0 Å². The van der Waals surface area contributed by atoms with Crippen LogP contribution >= 0.6 is 0 Å². The van der Waals surface area contributed by atoms with E-state index in [0.29, 0.717) is 5.56 Å². The minimum absolute atomic E-state index is 0.0774. The molecule has 2 atom stereocenters. The van der Waals surface area contributed by atoms with Gasteiger partial charge >= 0.3 is 5.97 Å². The molecule has 0 saturated carbocycles. The Labute approximate surface area is 161 Å². The minimum atomic E-state index is -1.49. The molecule has 0 aliphatic rings. The van der Waals surface area contributed by atoms with Crippen LogP contribution in [0.5, 0.6) is 5.75 Å². The number of hydrogen-bond donors (Lipinski definition) is 2. The summed E-state index contributed by atoms with van der Waals surface area (Å²) in [5.74, 6) is -1.58. The van der Waals surface area contributed by atoms with Crippen molar-refractivity contribution in [1.82, 2.24) is 4.72 Å². The van der Waals surface area contributed by atoms with Gasteiger partial charge in [-0.15, -0.1) is 4.72 Å². The summed E-state index contributed by atoms with van der Waals surface area (Å²) in [7, 11) is 0. The third kappa shape index (κ3) is 6.53. The topological polar surface area (TPSA) is 81.6 Å². The van der Waals surface area contributed by atoms with E-state index in [2.05, 4.69) is 4.72 Å². The van der Waals surface area contributed by atoms with E-state index in [4.69, 9.17) is 9.84 Å². The van der Waals surface area contributed by atoms with E-state index in [-0.39, 0.29) is 18.8 Å². The highest BCUT2D eigenvalue weighted by atomic mass is 32.2. The third-order valence-corrected chi connectivity index (χ3v) is 5.39. The van der Waals surface area contributed by atoms with Crippen molar-refractivity contribution < 1.29 is 23.6 Å². The van der Waals surface area contributed by atoms with E-state index >= 15 is 0 Å². The quantitative estimate of drug-likeness (QED) is 0.663. The molecule has 0 aromatic heterocycles. The van der Waals surface area contributed by atoms with Crippen LogP contribution in [0, 0.1) is 5.82 Å². The number of ether oxygens (including phenoxy) is 1. The van der Waals surface area contributed by atoms with Crippen molar-refractivity contribution in [2.45, 2.75) is 44.6 Å². The van der Waals surface area contributed by atoms with E-state index in [0.717, 1.165) is 5.56 Å². The number of aliphatic carboxylic acids is 1. The fourth-order valence-corrected chi connectivity index (χ4v) is 3.13. The highest BCUT2D eigenvalue weighted by Gasteiger charge is 2.31. The molecular weight excluding hydrogens is 369 g/mol. The lowest BCUT2D eigenvalue weighted by Crippen LogP contribution is -2.41. The van der Waals surface area contributed by atoms with Gasteiger partial charge in [0.15, 0.2) is 11.6 Å². The van der Waals surface area contributed by atoms with Gasteiger partial charge in [-0.2, -0.15) is 0 Å². The van der Waals surface area contributed by atoms with Gasteiger partial charge in [-0.1, -0.05) is 36.4 Å². The van der Waals surface area contributed by atoms with Gasteiger partial charge in [0.25, 0.3) is 0 Å². The Morgan fingerprint density at radius 3 is 2.48 bits per heavy atom. The number of nitrogens with one attached hydrogen (secondary N) is 1. The van der Waals surface area contributed by atoms with E-state index < -0.39 is 33.9 Å². The van der Waals surface area contributed by atoms with Crippen molar-refractivity contribution >= 4 is 17.3 Å². The number of benzene rings is 2.